The van der Waals surface area contributed by atoms with Crippen LogP contribution in [-0.4, -0.2) is 54.9 Å². The van der Waals surface area contributed by atoms with Gasteiger partial charge in [0.1, 0.15) is 0 Å². The van der Waals surface area contributed by atoms with Crippen molar-refractivity contribution in [3.05, 3.63) is 0 Å². The van der Waals surface area contributed by atoms with Crippen LogP contribution in [0.2, 0.25) is 0 Å². The van der Waals surface area contributed by atoms with Gasteiger partial charge in [0.25, 0.3) is 0 Å². The summed E-state index contributed by atoms with van der Waals surface area (Å²) >= 11 is 0. The van der Waals surface area contributed by atoms with E-state index in [9.17, 15) is 9.90 Å². The number of aliphatic hydroxyl groups excluding tert-OH is 1. The summed E-state index contributed by atoms with van der Waals surface area (Å²) in [6.07, 6.45) is 1.83. The molecular formula is C13H24N2O3. The lowest BCUT2D eigenvalue weighted by molar-refractivity contribution is -0.150. The van der Waals surface area contributed by atoms with E-state index >= 15 is 0 Å². The molecule has 2 fully saturated rings. The summed E-state index contributed by atoms with van der Waals surface area (Å²) in [5, 5.41) is 9.73. The standard InChI is InChI=1S/C13H24N2O3/c1-10-8-15(5-2-11(10)16)12(17)13(9-14)3-6-18-7-4-13/h10-11,16H,2-9,14H2,1H3. The lowest BCUT2D eigenvalue weighted by atomic mass is 9.78. The fourth-order valence-electron chi connectivity index (χ4n) is 2.92. The molecule has 2 aliphatic rings. The maximum absolute atomic E-state index is 12.7. The lowest BCUT2D eigenvalue weighted by Gasteiger charge is -2.42. The molecule has 0 aromatic heterocycles. The highest BCUT2D eigenvalue weighted by Crippen LogP contribution is 2.33. The van der Waals surface area contributed by atoms with Crippen molar-refractivity contribution >= 4 is 5.91 Å². The lowest BCUT2D eigenvalue weighted by Crippen LogP contribution is -2.54. The number of piperidine rings is 1. The van der Waals surface area contributed by atoms with Crippen LogP contribution in [0.3, 0.4) is 0 Å². The number of carbonyl (C=O) groups excluding carboxylic acids is 1. The summed E-state index contributed by atoms with van der Waals surface area (Å²) in [5.41, 5.74) is 5.43. The summed E-state index contributed by atoms with van der Waals surface area (Å²) in [7, 11) is 0. The number of nitrogens with zero attached hydrogens (tertiary/aromatic N) is 1. The molecule has 2 heterocycles. The summed E-state index contributed by atoms with van der Waals surface area (Å²) < 4.78 is 5.34. The summed E-state index contributed by atoms with van der Waals surface area (Å²) in [5.74, 6) is 0.310. The minimum atomic E-state index is -0.430. The van der Waals surface area contributed by atoms with Crippen molar-refractivity contribution in [2.75, 3.05) is 32.8 Å². The molecule has 0 aromatic rings. The zero-order valence-electron chi connectivity index (χ0n) is 11.1. The summed E-state index contributed by atoms with van der Waals surface area (Å²) in [4.78, 5) is 14.6. The van der Waals surface area contributed by atoms with Crippen molar-refractivity contribution in [1.29, 1.82) is 0 Å². The van der Waals surface area contributed by atoms with E-state index < -0.39 is 5.41 Å². The van der Waals surface area contributed by atoms with Gasteiger partial charge < -0.3 is 20.5 Å². The molecule has 2 rings (SSSR count). The van der Waals surface area contributed by atoms with Gasteiger partial charge in [-0.25, -0.2) is 0 Å². The zero-order valence-corrected chi connectivity index (χ0v) is 11.1. The van der Waals surface area contributed by atoms with Gasteiger partial charge >= 0.3 is 0 Å². The smallest absolute Gasteiger partial charge is 0.230 e. The maximum atomic E-state index is 12.7. The van der Waals surface area contributed by atoms with Crippen molar-refractivity contribution in [2.24, 2.45) is 17.1 Å². The molecular weight excluding hydrogens is 232 g/mol. The van der Waals surface area contributed by atoms with Crippen molar-refractivity contribution in [1.82, 2.24) is 4.90 Å². The second-order valence-corrected chi connectivity index (χ2v) is 5.68. The van der Waals surface area contributed by atoms with E-state index in [1.54, 1.807) is 0 Å². The molecule has 0 radical (unpaired) electrons. The molecule has 5 nitrogen and oxygen atoms in total. The van der Waals surface area contributed by atoms with Gasteiger partial charge in [0, 0.05) is 32.8 Å². The molecule has 3 N–H and O–H groups in total. The number of hydrogen-bond acceptors (Lipinski definition) is 4. The normalized spacial score (nSPS) is 32.3. The van der Waals surface area contributed by atoms with Gasteiger partial charge in [0.15, 0.2) is 0 Å². The minimum absolute atomic E-state index is 0.150. The molecule has 0 aromatic carbocycles. The largest absolute Gasteiger partial charge is 0.393 e. The first kappa shape index (κ1) is 13.8. The summed E-state index contributed by atoms with van der Waals surface area (Å²) in [6.45, 7) is 4.91. The van der Waals surface area contributed by atoms with Crippen LogP contribution in [0.1, 0.15) is 26.2 Å². The number of likely N-dealkylation sites (tertiary alicyclic amines) is 1. The highest BCUT2D eigenvalue weighted by atomic mass is 16.5. The van der Waals surface area contributed by atoms with E-state index in [2.05, 4.69) is 0 Å². The topological polar surface area (TPSA) is 75.8 Å². The SMILES string of the molecule is CC1CN(C(=O)C2(CN)CCOCC2)CCC1O. The van der Waals surface area contributed by atoms with E-state index in [0.29, 0.717) is 39.3 Å². The highest BCUT2D eigenvalue weighted by molar-refractivity contribution is 5.83. The second-order valence-electron chi connectivity index (χ2n) is 5.68. The first-order chi connectivity index (χ1) is 8.59. The average molecular weight is 256 g/mol. The molecule has 104 valence electrons. The Kier molecular flexibility index (Phi) is 4.25. The van der Waals surface area contributed by atoms with Crippen LogP contribution in [0, 0.1) is 11.3 Å². The molecule has 0 saturated carbocycles. The average Bonchev–Trinajstić information content (AvgIpc) is 2.42. The number of ether oxygens (including phenoxy) is 1. The molecule has 2 aliphatic heterocycles. The maximum Gasteiger partial charge on any atom is 0.230 e. The first-order valence-corrected chi connectivity index (χ1v) is 6.84. The van der Waals surface area contributed by atoms with Gasteiger partial charge in [-0.2, -0.15) is 0 Å². The van der Waals surface area contributed by atoms with Crippen LogP contribution in [0.15, 0.2) is 0 Å². The van der Waals surface area contributed by atoms with E-state index in [1.165, 1.54) is 0 Å². The van der Waals surface area contributed by atoms with Crippen LogP contribution in [0.5, 0.6) is 0 Å². The molecule has 2 unspecified atom stereocenters. The molecule has 18 heavy (non-hydrogen) atoms. The van der Waals surface area contributed by atoms with Gasteiger partial charge in [-0.1, -0.05) is 6.92 Å². The number of aliphatic hydroxyl groups is 1. The number of carbonyl (C=O) groups is 1. The van der Waals surface area contributed by atoms with Gasteiger partial charge in [-0.15, -0.1) is 0 Å². The Labute approximate surface area is 108 Å². The number of rotatable bonds is 2. The Balaban J connectivity index is 2.05. The van der Waals surface area contributed by atoms with E-state index in [1.807, 2.05) is 11.8 Å². The van der Waals surface area contributed by atoms with Gasteiger partial charge in [-0.05, 0) is 25.2 Å². The van der Waals surface area contributed by atoms with Crippen molar-refractivity contribution in [3.63, 3.8) is 0 Å². The predicted molar refractivity (Wildman–Crippen MR) is 67.9 cm³/mol. The predicted octanol–water partition coefficient (Wildman–Crippen LogP) is -0.0288. The van der Waals surface area contributed by atoms with Crippen LogP contribution in [0.4, 0.5) is 0 Å². The first-order valence-electron chi connectivity index (χ1n) is 6.84. The fraction of sp³-hybridized carbons (Fsp3) is 0.923. The van der Waals surface area contributed by atoms with Crippen LogP contribution in [-0.2, 0) is 9.53 Å². The molecule has 2 atom stereocenters. The molecule has 0 spiro atoms. The van der Waals surface area contributed by atoms with E-state index in [0.717, 1.165) is 12.8 Å². The Bertz CT molecular complexity index is 303. The molecule has 2 saturated heterocycles. The third-order valence-electron chi connectivity index (χ3n) is 4.44. The summed E-state index contributed by atoms with van der Waals surface area (Å²) in [6, 6.07) is 0. The quantitative estimate of drug-likeness (QED) is 0.727. The van der Waals surface area contributed by atoms with Crippen LogP contribution >= 0.6 is 0 Å². The Morgan fingerprint density at radius 1 is 1.50 bits per heavy atom. The van der Waals surface area contributed by atoms with Crippen molar-refractivity contribution in [2.45, 2.75) is 32.3 Å². The highest BCUT2D eigenvalue weighted by Gasteiger charge is 2.42. The van der Waals surface area contributed by atoms with Crippen LogP contribution < -0.4 is 5.73 Å². The second kappa shape index (κ2) is 5.55. The van der Waals surface area contributed by atoms with E-state index in [4.69, 9.17) is 10.5 Å². The Morgan fingerprint density at radius 3 is 2.72 bits per heavy atom. The Hall–Kier alpha value is -0.650. The number of amides is 1. The van der Waals surface area contributed by atoms with Gasteiger partial charge in [-0.3, -0.25) is 4.79 Å². The monoisotopic (exact) mass is 256 g/mol. The fourth-order valence-corrected chi connectivity index (χ4v) is 2.92. The van der Waals surface area contributed by atoms with Crippen molar-refractivity contribution < 1.29 is 14.6 Å². The van der Waals surface area contributed by atoms with Crippen LogP contribution in [0.25, 0.3) is 0 Å². The van der Waals surface area contributed by atoms with Crippen molar-refractivity contribution in [3.8, 4) is 0 Å². The van der Waals surface area contributed by atoms with Gasteiger partial charge in [0.2, 0.25) is 5.91 Å². The molecule has 5 heteroatoms. The molecule has 1 amide bonds. The van der Waals surface area contributed by atoms with Gasteiger partial charge in [0.05, 0.1) is 11.5 Å². The van der Waals surface area contributed by atoms with E-state index in [-0.39, 0.29) is 17.9 Å². The molecule has 0 bridgehead atoms. The molecule has 0 aliphatic carbocycles. The third kappa shape index (κ3) is 2.53. The third-order valence-corrected chi connectivity index (χ3v) is 4.44. The number of nitrogens with two attached hydrogens (primary N) is 1. The Morgan fingerprint density at radius 2 is 2.17 bits per heavy atom. The number of hydrogen-bond donors (Lipinski definition) is 2. The zero-order chi connectivity index (χ0) is 13.2. The minimum Gasteiger partial charge on any atom is -0.393 e.